The first-order chi connectivity index (χ1) is 13.0. The van der Waals surface area contributed by atoms with Gasteiger partial charge in [-0.05, 0) is 42.2 Å². The van der Waals surface area contributed by atoms with Crippen molar-refractivity contribution in [3.05, 3.63) is 66.0 Å². The zero-order valence-corrected chi connectivity index (χ0v) is 15.6. The highest BCUT2D eigenvalue weighted by Gasteiger charge is 2.13. The molecule has 0 radical (unpaired) electrons. The van der Waals surface area contributed by atoms with Crippen molar-refractivity contribution < 1.29 is 13.5 Å². The molecule has 0 amide bonds. The van der Waals surface area contributed by atoms with Crippen LogP contribution in [0.1, 0.15) is 5.56 Å². The van der Waals surface area contributed by atoms with Crippen molar-refractivity contribution in [3.8, 4) is 16.9 Å². The molecule has 0 fully saturated rings. The van der Waals surface area contributed by atoms with Gasteiger partial charge in [-0.15, -0.1) is 10.7 Å². The van der Waals surface area contributed by atoms with E-state index in [4.69, 9.17) is 9.52 Å². The van der Waals surface area contributed by atoms with Crippen molar-refractivity contribution in [1.29, 1.82) is 4.78 Å². The highest BCUT2D eigenvalue weighted by molar-refractivity contribution is 7.84. The highest BCUT2D eigenvalue weighted by Crippen LogP contribution is 2.33. The van der Waals surface area contributed by atoms with Crippen LogP contribution < -0.4 is 10.1 Å². The lowest BCUT2D eigenvalue weighted by Crippen LogP contribution is -2.00. The fourth-order valence-electron chi connectivity index (χ4n) is 2.61. The molecule has 2 aromatic heterocycles. The number of benzene rings is 1. The molecule has 2 N–H and O–H groups in total. The lowest BCUT2D eigenvalue weighted by molar-refractivity contribution is 0.412. The number of hydrogen-bond donors (Lipinski definition) is 2. The van der Waals surface area contributed by atoms with E-state index in [0.717, 1.165) is 11.8 Å². The van der Waals surface area contributed by atoms with Gasteiger partial charge in [-0.3, -0.25) is 4.78 Å². The molecular formula is C19H18F2N4OS. The van der Waals surface area contributed by atoms with Crippen LogP contribution in [0.5, 0.6) is 5.75 Å². The Bertz CT molecular complexity index is 997. The number of rotatable bonds is 6. The van der Waals surface area contributed by atoms with Crippen LogP contribution in [0, 0.1) is 16.4 Å². The second kappa shape index (κ2) is 8.22. The minimum absolute atomic E-state index is 0.233. The number of nitrogens with one attached hydrogen (secondary N) is 2. The molecule has 0 aliphatic heterocycles. The number of nitrogens with zero attached hydrogens (tertiary/aromatic N) is 2. The molecule has 1 atom stereocenters. The maximum atomic E-state index is 14.3. The molecule has 0 aliphatic carbocycles. The van der Waals surface area contributed by atoms with Gasteiger partial charge >= 0.3 is 0 Å². The molecule has 0 spiro atoms. The molecular weight excluding hydrogens is 370 g/mol. The van der Waals surface area contributed by atoms with E-state index in [9.17, 15) is 8.78 Å². The van der Waals surface area contributed by atoms with Gasteiger partial charge in [-0.1, -0.05) is 0 Å². The number of hydrogen-bond acceptors (Lipinski definition) is 5. The smallest absolute Gasteiger partial charge is 0.149 e. The molecule has 8 heteroatoms. The van der Waals surface area contributed by atoms with E-state index in [1.165, 1.54) is 31.4 Å². The third-order valence-corrected chi connectivity index (χ3v) is 4.54. The quantitative estimate of drug-likeness (QED) is 0.643. The van der Waals surface area contributed by atoms with Gasteiger partial charge < -0.3 is 10.1 Å². The van der Waals surface area contributed by atoms with Crippen molar-refractivity contribution in [2.24, 2.45) is 0 Å². The summed E-state index contributed by atoms with van der Waals surface area (Å²) in [7, 11) is 0.929. The Morgan fingerprint density at radius 3 is 2.59 bits per heavy atom. The maximum absolute atomic E-state index is 14.3. The predicted octanol–water partition coefficient (Wildman–Crippen LogP) is 4.68. The largest absolute Gasteiger partial charge is 0.496 e. The zero-order chi connectivity index (χ0) is 19.4. The summed E-state index contributed by atoms with van der Waals surface area (Å²) in [6.07, 6.45) is 4.59. The Morgan fingerprint density at radius 1 is 1.07 bits per heavy atom. The first-order valence-electron chi connectivity index (χ1n) is 8.01. The summed E-state index contributed by atoms with van der Waals surface area (Å²) in [4.78, 5) is 8.28. The predicted molar refractivity (Wildman–Crippen MR) is 103 cm³/mol. The van der Waals surface area contributed by atoms with Gasteiger partial charge in [0.1, 0.15) is 29.0 Å². The lowest BCUT2D eigenvalue weighted by Gasteiger charge is -2.12. The van der Waals surface area contributed by atoms with Gasteiger partial charge in [0.15, 0.2) is 0 Å². The molecule has 3 rings (SSSR count). The average molecular weight is 388 g/mol. The number of ether oxygens (including phenoxy) is 1. The van der Waals surface area contributed by atoms with E-state index in [1.54, 1.807) is 6.20 Å². The van der Waals surface area contributed by atoms with E-state index in [0.29, 0.717) is 23.0 Å². The molecule has 5 nitrogen and oxygen atoms in total. The molecule has 1 unspecified atom stereocenters. The number of halogens is 2. The van der Waals surface area contributed by atoms with Gasteiger partial charge in [-0.25, -0.2) is 18.7 Å². The third-order valence-electron chi connectivity index (χ3n) is 3.77. The monoisotopic (exact) mass is 388 g/mol. The maximum Gasteiger partial charge on any atom is 0.149 e. The Kier molecular flexibility index (Phi) is 5.75. The van der Waals surface area contributed by atoms with Crippen LogP contribution in [0.4, 0.5) is 20.4 Å². The Labute approximate surface area is 158 Å². The van der Waals surface area contributed by atoms with E-state index >= 15 is 0 Å². The summed E-state index contributed by atoms with van der Waals surface area (Å²) in [6, 6.07) is 9.13. The van der Waals surface area contributed by atoms with Gasteiger partial charge in [0, 0.05) is 29.1 Å². The van der Waals surface area contributed by atoms with Gasteiger partial charge in [0.05, 0.1) is 13.3 Å². The lowest BCUT2D eigenvalue weighted by atomic mass is 10.0. The number of aromatic nitrogens is 2. The van der Waals surface area contributed by atoms with Gasteiger partial charge in [-0.2, -0.15) is 0 Å². The molecule has 1 aromatic carbocycles. The number of anilines is 2. The molecule has 0 bridgehead atoms. The van der Waals surface area contributed by atoms with Crippen molar-refractivity contribution in [3.63, 3.8) is 0 Å². The summed E-state index contributed by atoms with van der Waals surface area (Å²) in [5.41, 5.74) is 1.64. The summed E-state index contributed by atoms with van der Waals surface area (Å²) in [5, 5.41) is 3.04. The Morgan fingerprint density at radius 2 is 1.85 bits per heavy atom. The first kappa shape index (κ1) is 18.9. The number of methoxy groups -OCH3 is 1. The SMILES string of the molecule is COc1cc(F)ccc1-c1cc(Nc2cc(CS(C)=N)ccn2)ncc1F. The van der Waals surface area contributed by atoms with Crippen molar-refractivity contribution in [1.82, 2.24) is 9.97 Å². The fraction of sp³-hybridized carbons (Fsp3) is 0.158. The van der Waals surface area contributed by atoms with E-state index in [1.807, 2.05) is 18.4 Å². The molecule has 140 valence electrons. The Balaban J connectivity index is 1.94. The summed E-state index contributed by atoms with van der Waals surface area (Å²) in [6.45, 7) is 0. The summed E-state index contributed by atoms with van der Waals surface area (Å²) < 4.78 is 40.6. The summed E-state index contributed by atoms with van der Waals surface area (Å²) in [5.74, 6) is 0.797. The van der Waals surface area contributed by atoms with Crippen LogP contribution >= 0.6 is 0 Å². The van der Waals surface area contributed by atoms with Crippen LogP contribution in [0.3, 0.4) is 0 Å². The molecule has 0 saturated heterocycles. The second-order valence-electron chi connectivity index (χ2n) is 5.85. The minimum atomic E-state index is -0.545. The van der Waals surface area contributed by atoms with Crippen LogP contribution in [0.25, 0.3) is 11.1 Å². The van der Waals surface area contributed by atoms with Crippen LogP contribution in [-0.4, -0.2) is 23.3 Å². The molecule has 3 aromatic rings. The van der Waals surface area contributed by atoms with Crippen LogP contribution in [0.15, 0.2) is 48.8 Å². The summed E-state index contributed by atoms with van der Waals surface area (Å²) >= 11 is 0. The van der Waals surface area contributed by atoms with Crippen molar-refractivity contribution in [2.45, 2.75) is 5.75 Å². The molecule has 0 saturated carbocycles. The van der Waals surface area contributed by atoms with Gasteiger partial charge in [0.25, 0.3) is 0 Å². The minimum Gasteiger partial charge on any atom is -0.496 e. The normalized spacial score (nSPS) is 11.9. The van der Waals surface area contributed by atoms with E-state index < -0.39 is 22.3 Å². The van der Waals surface area contributed by atoms with E-state index in [2.05, 4.69) is 15.3 Å². The van der Waals surface area contributed by atoms with Crippen molar-refractivity contribution >= 4 is 22.3 Å². The van der Waals surface area contributed by atoms with E-state index in [-0.39, 0.29) is 11.3 Å². The molecule has 27 heavy (non-hydrogen) atoms. The zero-order valence-electron chi connectivity index (χ0n) is 14.8. The second-order valence-corrected chi connectivity index (χ2v) is 7.41. The van der Waals surface area contributed by atoms with Crippen LogP contribution in [0.2, 0.25) is 0 Å². The molecule has 2 heterocycles. The highest BCUT2D eigenvalue weighted by atomic mass is 32.2. The standard InChI is InChI=1S/C19H18F2N4OS/c1-26-17-8-13(20)3-4-14(17)15-9-19(24-10-16(15)21)25-18-7-12(5-6-23-18)11-27(2)22/h3-10,22H,11H2,1-2H3,(H,23,24,25). The third kappa shape index (κ3) is 4.65. The molecule has 0 aliphatic rings. The first-order valence-corrected chi connectivity index (χ1v) is 9.81. The van der Waals surface area contributed by atoms with Crippen molar-refractivity contribution in [2.75, 3.05) is 18.7 Å². The topological polar surface area (TPSA) is 70.9 Å². The average Bonchev–Trinajstić information content (AvgIpc) is 2.63. The fourth-order valence-corrected chi connectivity index (χ4v) is 3.29. The van der Waals surface area contributed by atoms with Gasteiger partial charge in [0.2, 0.25) is 0 Å². The number of pyridine rings is 2. The van der Waals surface area contributed by atoms with Crippen LogP contribution in [-0.2, 0) is 16.4 Å². The Hall–Kier alpha value is -2.87.